The molecule has 2 N–H and O–H groups in total. The molecule has 166 valence electrons. The average Bonchev–Trinajstić information content (AvgIpc) is 3.51. The van der Waals surface area contributed by atoms with Crippen molar-refractivity contribution in [2.45, 2.75) is 31.6 Å². The number of thiazole rings is 1. The molecule has 0 atom stereocenters. The highest BCUT2D eigenvalue weighted by Crippen LogP contribution is 2.44. The standard InChI is InChI=1S/C25H22N4O3S/c30-24(31)18-10-11-20(27-15-18)28-21-14-19(12-13-26-21)32-25-22(16-6-2-1-3-7-16)29-23(33-25)17-8-4-5-9-17/h1-3,6-7,10-15,17H,4-5,8-9H2,(H,30,31)(H,26,27,28). The second kappa shape index (κ2) is 9.38. The van der Waals surface area contributed by atoms with Crippen LogP contribution in [0.25, 0.3) is 11.3 Å². The zero-order valence-electron chi connectivity index (χ0n) is 17.8. The third-order valence-corrected chi connectivity index (χ3v) is 6.67. The van der Waals surface area contributed by atoms with E-state index < -0.39 is 5.97 Å². The van der Waals surface area contributed by atoms with Gasteiger partial charge in [-0.1, -0.05) is 54.5 Å². The van der Waals surface area contributed by atoms with E-state index in [0.29, 0.717) is 23.3 Å². The first-order chi connectivity index (χ1) is 16.2. The maximum Gasteiger partial charge on any atom is 0.337 e. The fraction of sp³-hybridized carbons (Fsp3) is 0.200. The third kappa shape index (κ3) is 4.85. The Kier molecular flexibility index (Phi) is 5.99. The molecule has 3 aromatic heterocycles. The molecule has 0 amide bonds. The van der Waals surface area contributed by atoms with Crippen molar-refractivity contribution in [1.82, 2.24) is 15.0 Å². The van der Waals surface area contributed by atoms with Gasteiger partial charge < -0.3 is 15.2 Å². The van der Waals surface area contributed by atoms with Gasteiger partial charge in [0.1, 0.15) is 28.1 Å². The number of anilines is 2. The molecule has 1 aromatic carbocycles. The Balaban J connectivity index is 1.40. The molecule has 0 unspecified atom stereocenters. The predicted octanol–water partition coefficient (Wildman–Crippen LogP) is 6.49. The summed E-state index contributed by atoms with van der Waals surface area (Å²) in [5.74, 6) is 1.16. The summed E-state index contributed by atoms with van der Waals surface area (Å²) in [6.07, 6.45) is 7.82. The van der Waals surface area contributed by atoms with Gasteiger partial charge in [-0.15, -0.1) is 0 Å². The van der Waals surface area contributed by atoms with Crippen LogP contribution in [0.4, 0.5) is 11.6 Å². The number of aromatic carboxylic acids is 1. The number of nitrogens with one attached hydrogen (secondary N) is 1. The molecular formula is C25H22N4O3S. The minimum absolute atomic E-state index is 0.127. The van der Waals surface area contributed by atoms with Gasteiger partial charge >= 0.3 is 5.97 Å². The maximum absolute atomic E-state index is 11.0. The van der Waals surface area contributed by atoms with Gasteiger partial charge in [0.15, 0.2) is 0 Å². The van der Waals surface area contributed by atoms with Crippen molar-refractivity contribution < 1.29 is 14.6 Å². The van der Waals surface area contributed by atoms with Crippen LogP contribution in [0.2, 0.25) is 0 Å². The van der Waals surface area contributed by atoms with Crippen LogP contribution in [0.3, 0.4) is 0 Å². The number of rotatable bonds is 7. The lowest BCUT2D eigenvalue weighted by atomic mass is 10.1. The van der Waals surface area contributed by atoms with E-state index >= 15 is 0 Å². The van der Waals surface area contributed by atoms with Gasteiger partial charge in [0.05, 0.1) is 5.56 Å². The van der Waals surface area contributed by atoms with E-state index in [1.54, 1.807) is 35.7 Å². The molecule has 8 heteroatoms. The van der Waals surface area contributed by atoms with E-state index in [-0.39, 0.29) is 5.56 Å². The average molecular weight is 459 g/mol. The molecule has 0 aliphatic heterocycles. The van der Waals surface area contributed by atoms with Crippen LogP contribution in [0.15, 0.2) is 67.0 Å². The van der Waals surface area contributed by atoms with Crippen LogP contribution in [0, 0.1) is 0 Å². The molecule has 0 saturated heterocycles. The Morgan fingerprint density at radius 1 is 1.03 bits per heavy atom. The molecule has 1 aliphatic rings. The van der Waals surface area contributed by atoms with E-state index in [0.717, 1.165) is 21.3 Å². The van der Waals surface area contributed by atoms with Crippen molar-refractivity contribution in [3.8, 4) is 22.1 Å². The Hall–Kier alpha value is -3.78. The lowest BCUT2D eigenvalue weighted by molar-refractivity contribution is 0.0696. The quantitative estimate of drug-likeness (QED) is 0.326. The van der Waals surface area contributed by atoms with Crippen molar-refractivity contribution >= 4 is 28.9 Å². The number of carboxylic acid groups (broad SMARTS) is 1. The molecule has 1 fully saturated rings. The largest absolute Gasteiger partial charge is 0.478 e. The summed E-state index contributed by atoms with van der Waals surface area (Å²) >= 11 is 1.62. The van der Waals surface area contributed by atoms with Crippen LogP contribution >= 0.6 is 11.3 Å². The number of hydrogen-bond acceptors (Lipinski definition) is 7. The number of carboxylic acids is 1. The number of hydrogen-bond donors (Lipinski definition) is 2. The Labute approximate surface area is 195 Å². The molecule has 1 aliphatic carbocycles. The molecule has 4 aromatic rings. The fourth-order valence-electron chi connectivity index (χ4n) is 3.89. The number of pyridine rings is 2. The van der Waals surface area contributed by atoms with E-state index in [9.17, 15) is 4.79 Å². The van der Waals surface area contributed by atoms with Gasteiger partial charge in [0.25, 0.3) is 0 Å². The number of nitrogens with zero attached hydrogens (tertiary/aromatic N) is 3. The molecule has 33 heavy (non-hydrogen) atoms. The number of ether oxygens (including phenoxy) is 1. The molecule has 1 saturated carbocycles. The Morgan fingerprint density at radius 2 is 1.85 bits per heavy atom. The topological polar surface area (TPSA) is 97.2 Å². The lowest BCUT2D eigenvalue weighted by Crippen LogP contribution is -2.00. The summed E-state index contributed by atoms with van der Waals surface area (Å²) in [6, 6.07) is 16.8. The smallest absolute Gasteiger partial charge is 0.337 e. The summed E-state index contributed by atoms with van der Waals surface area (Å²) in [6.45, 7) is 0. The van der Waals surface area contributed by atoms with Gasteiger partial charge in [-0.3, -0.25) is 0 Å². The Bertz CT molecular complexity index is 1250. The third-order valence-electron chi connectivity index (χ3n) is 5.57. The van der Waals surface area contributed by atoms with Gasteiger partial charge in [0, 0.05) is 29.9 Å². The van der Waals surface area contributed by atoms with E-state index in [2.05, 4.69) is 15.3 Å². The zero-order valence-corrected chi connectivity index (χ0v) is 18.6. The van der Waals surface area contributed by atoms with E-state index in [1.807, 2.05) is 30.3 Å². The highest BCUT2D eigenvalue weighted by Gasteiger charge is 2.24. The Morgan fingerprint density at radius 3 is 2.58 bits per heavy atom. The summed E-state index contributed by atoms with van der Waals surface area (Å²) in [4.78, 5) is 24.4. The summed E-state index contributed by atoms with van der Waals surface area (Å²) in [5, 5.41) is 14.0. The number of aromatic nitrogens is 3. The first-order valence-electron chi connectivity index (χ1n) is 10.8. The van der Waals surface area contributed by atoms with Gasteiger partial charge in [0.2, 0.25) is 5.06 Å². The molecule has 0 bridgehead atoms. The SMILES string of the molecule is O=C(O)c1ccc(Nc2cc(Oc3sc(C4CCCC4)nc3-c3ccccc3)ccn2)nc1. The minimum Gasteiger partial charge on any atom is -0.478 e. The predicted molar refractivity (Wildman–Crippen MR) is 128 cm³/mol. The summed E-state index contributed by atoms with van der Waals surface area (Å²) in [5.41, 5.74) is 2.02. The first-order valence-corrected chi connectivity index (χ1v) is 11.6. The fourth-order valence-corrected chi connectivity index (χ4v) is 5.02. The van der Waals surface area contributed by atoms with Crippen molar-refractivity contribution in [2.75, 3.05) is 5.32 Å². The molecule has 0 spiro atoms. The second-order valence-electron chi connectivity index (χ2n) is 7.88. The molecular weight excluding hydrogens is 436 g/mol. The van der Waals surface area contributed by atoms with Gasteiger partial charge in [-0.25, -0.2) is 19.7 Å². The summed E-state index contributed by atoms with van der Waals surface area (Å²) in [7, 11) is 0. The number of carbonyl (C=O) groups is 1. The molecule has 3 heterocycles. The van der Waals surface area contributed by atoms with Crippen molar-refractivity contribution in [3.63, 3.8) is 0 Å². The monoisotopic (exact) mass is 458 g/mol. The lowest BCUT2D eigenvalue weighted by Gasteiger charge is -2.08. The number of benzene rings is 1. The van der Waals surface area contributed by atoms with Crippen LogP contribution in [-0.4, -0.2) is 26.0 Å². The zero-order chi connectivity index (χ0) is 22.6. The second-order valence-corrected chi connectivity index (χ2v) is 8.87. The van der Waals surface area contributed by atoms with Crippen molar-refractivity contribution in [3.05, 3.63) is 77.6 Å². The minimum atomic E-state index is -1.02. The summed E-state index contributed by atoms with van der Waals surface area (Å²) < 4.78 is 6.31. The van der Waals surface area contributed by atoms with Crippen LogP contribution in [-0.2, 0) is 0 Å². The molecule has 5 rings (SSSR count). The van der Waals surface area contributed by atoms with Gasteiger partial charge in [-0.2, -0.15) is 0 Å². The van der Waals surface area contributed by atoms with Crippen molar-refractivity contribution in [2.24, 2.45) is 0 Å². The highest BCUT2D eigenvalue weighted by atomic mass is 32.1. The van der Waals surface area contributed by atoms with E-state index in [4.69, 9.17) is 14.8 Å². The van der Waals surface area contributed by atoms with Gasteiger partial charge in [-0.05, 0) is 31.0 Å². The molecule has 0 radical (unpaired) electrons. The molecule has 7 nitrogen and oxygen atoms in total. The van der Waals surface area contributed by atoms with Crippen LogP contribution in [0.1, 0.15) is 47.0 Å². The maximum atomic E-state index is 11.0. The normalized spacial score (nSPS) is 13.7. The van der Waals surface area contributed by atoms with Crippen LogP contribution in [0.5, 0.6) is 10.8 Å². The highest BCUT2D eigenvalue weighted by molar-refractivity contribution is 7.14. The van der Waals surface area contributed by atoms with E-state index in [1.165, 1.54) is 37.9 Å². The first kappa shape index (κ1) is 21.1. The van der Waals surface area contributed by atoms with Crippen molar-refractivity contribution in [1.29, 1.82) is 0 Å². The van der Waals surface area contributed by atoms with Crippen LogP contribution < -0.4 is 10.1 Å².